The second kappa shape index (κ2) is 5.90. The Morgan fingerprint density at radius 1 is 1.22 bits per heavy atom. The maximum absolute atomic E-state index is 12.2. The zero-order valence-corrected chi connectivity index (χ0v) is 13.1. The third-order valence-corrected chi connectivity index (χ3v) is 4.55. The molecule has 0 amide bonds. The van der Waals surface area contributed by atoms with E-state index in [1.807, 2.05) is 0 Å². The van der Waals surface area contributed by atoms with Gasteiger partial charge in [-0.2, -0.15) is 13.5 Å². The number of fused-ring (bicyclic) bond motifs is 1. The number of oxazole rings is 1. The molecule has 0 atom stereocenters. The normalized spacial score (nSPS) is 12.0. The largest absolute Gasteiger partial charge is 0.417 e. The van der Waals surface area contributed by atoms with Crippen LogP contribution >= 0.6 is 11.6 Å². The fourth-order valence-corrected chi connectivity index (χ4v) is 2.88. The molecular formula is C14H10ClN3O4S. The van der Waals surface area contributed by atoms with Gasteiger partial charge in [0.2, 0.25) is 0 Å². The van der Waals surface area contributed by atoms with Crippen LogP contribution in [0.2, 0.25) is 5.02 Å². The van der Waals surface area contributed by atoms with Crippen LogP contribution in [0.15, 0.2) is 61.7 Å². The topological polar surface area (TPSA) is 105 Å². The molecule has 118 valence electrons. The van der Waals surface area contributed by atoms with Crippen molar-refractivity contribution in [2.24, 2.45) is 5.10 Å². The molecule has 23 heavy (non-hydrogen) atoms. The summed E-state index contributed by atoms with van der Waals surface area (Å²) in [5, 5.41) is 4.14. The molecule has 0 aliphatic heterocycles. The average molecular weight is 352 g/mol. The zero-order valence-electron chi connectivity index (χ0n) is 11.5. The number of sulfonamides is 1. The van der Waals surface area contributed by atoms with Crippen molar-refractivity contribution in [2.75, 3.05) is 0 Å². The lowest BCUT2D eigenvalue weighted by Gasteiger charge is -2.03. The van der Waals surface area contributed by atoms with Crippen LogP contribution in [0.5, 0.6) is 0 Å². The van der Waals surface area contributed by atoms with E-state index in [-0.39, 0.29) is 10.5 Å². The molecule has 0 aliphatic rings. The Labute approximate surface area is 135 Å². The summed E-state index contributed by atoms with van der Waals surface area (Å²) in [5.74, 6) is -0.653. The molecule has 0 aliphatic carbocycles. The van der Waals surface area contributed by atoms with Gasteiger partial charge in [0.25, 0.3) is 10.0 Å². The standard InChI is InChI=1S/C14H10ClN3O4S/c15-11-4-2-1-3-9(11)8-16-18-23(20,21)10-5-6-12-13(7-10)22-14(19)17-12/h1-8,18H,(H,17,19)/b16-8+. The molecule has 0 radical (unpaired) electrons. The van der Waals surface area contributed by atoms with E-state index in [9.17, 15) is 13.2 Å². The van der Waals surface area contributed by atoms with Crippen molar-refractivity contribution in [2.45, 2.75) is 4.90 Å². The minimum atomic E-state index is -3.89. The SMILES string of the molecule is O=c1[nH]c2ccc(S(=O)(=O)N/N=C/c3ccccc3Cl)cc2o1. The first kappa shape index (κ1) is 15.3. The molecule has 0 fully saturated rings. The van der Waals surface area contributed by atoms with Crippen LogP contribution in [-0.4, -0.2) is 19.6 Å². The molecule has 0 spiro atoms. The fraction of sp³-hybridized carbons (Fsp3) is 0. The molecule has 1 aromatic heterocycles. The average Bonchev–Trinajstić information content (AvgIpc) is 2.88. The Balaban J connectivity index is 1.85. The van der Waals surface area contributed by atoms with Crippen molar-refractivity contribution >= 4 is 38.9 Å². The summed E-state index contributed by atoms with van der Waals surface area (Å²) in [7, 11) is -3.89. The Morgan fingerprint density at radius 3 is 2.78 bits per heavy atom. The number of halogens is 1. The first-order valence-corrected chi connectivity index (χ1v) is 8.24. The highest BCUT2D eigenvalue weighted by atomic mass is 35.5. The lowest BCUT2D eigenvalue weighted by atomic mass is 10.2. The van der Waals surface area contributed by atoms with Gasteiger partial charge in [-0.3, -0.25) is 4.98 Å². The van der Waals surface area contributed by atoms with E-state index in [0.717, 1.165) is 0 Å². The quantitative estimate of drug-likeness (QED) is 0.554. The molecule has 7 nitrogen and oxygen atoms in total. The molecule has 2 N–H and O–H groups in total. The molecule has 3 rings (SSSR count). The van der Waals surface area contributed by atoms with Crippen LogP contribution in [0.25, 0.3) is 11.1 Å². The summed E-state index contributed by atoms with van der Waals surface area (Å²) in [5.41, 5.74) is 1.13. The first-order valence-electron chi connectivity index (χ1n) is 6.38. The van der Waals surface area contributed by atoms with Gasteiger partial charge in [-0.25, -0.2) is 9.63 Å². The number of nitrogens with zero attached hydrogens (tertiary/aromatic N) is 1. The number of aromatic nitrogens is 1. The fourth-order valence-electron chi connectivity index (χ4n) is 1.89. The van der Waals surface area contributed by atoms with Gasteiger partial charge in [0.1, 0.15) is 0 Å². The predicted molar refractivity (Wildman–Crippen MR) is 86.2 cm³/mol. The van der Waals surface area contributed by atoms with Crippen molar-refractivity contribution in [3.8, 4) is 0 Å². The monoisotopic (exact) mass is 351 g/mol. The van der Waals surface area contributed by atoms with Gasteiger partial charge >= 0.3 is 5.76 Å². The van der Waals surface area contributed by atoms with Gasteiger partial charge in [-0.05, 0) is 18.2 Å². The number of nitrogens with one attached hydrogen (secondary N) is 2. The summed E-state index contributed by atoms with van der Waals surface area (Å²) in [6.45, 7) is 0. The maximum atomic E-state index is 12.2. The number of hydrazone groups is 1. The highest BCUT2D eigenvalue weighted by Gasteiger charge is 2.15. The molecule has 3 aromatic rings. The van der Waals surface area contributed by atoms with Crippen LogP contribution in [0.3, 0.4) is 0 Å². The third-order valence-electron chi connectivity index (χ3n) is 2.98. The lowest BCUT2D eigenvalue weighted by Crippen LogP contribution is -2.18. The lowest BCUT2D eigenvalue weighted by molar-refractivity contribution is 0.553. The molecule has 0 bridgehead atoms. The summed E-state index contributed by atoms with van der Waals surface area (Å²) >= 11 is 5.94. The smallest absolute Gasteiger partial charge is 0.408 e. The van der Waals surface area contributed by atoms with Gasteiger partial charge in [0.15, 0.2) is 5.58 Å². The summed E-state index contributed by atoms with van der Waals surface area (Å²) in [6, 6.07) is 10.9. The van der Waals surface area contributed by atoms with Crippen molar-refractivity contribution in [1.82, 2.24) is 9.82 Å². The predicted octanol–water partition coefficient (Wildman–Crippen LogP) is 2.09. The number of benzene rings is 2. The van der Waals surface area contributed by atoms with E-state index in [0.29, 0.717) is 16.1 Å². The van der Waals surface area contributed by atoms with Gasteiger partial charge in [-0.15, -0.1) is 0 Å². The molecule has 0 saturated carbocycles. The van der Waals surface area contributed by atoms with Gasteiger partial charge in [0, 0.05) is 16.7 Å². The van der Waals surface area contributed by atoms with E-state index >= 15 is 0 Å². The van der Waals surface area contributed by atoms with E-state index in [2.05, 4.69) is 14.9 Å². The zero-order chi connectivity index (χ0) is 16.4. The summed E-state index contributed by atoms with van der Waals surface area (Å²) < 4.78 is 29.2. The number of aromatic amines is 1. The highest BCUT2D eigenvalue weighted by Crippen LogP contribution is 2.16. The van der Waals surface area contributed by atoms with Crippen LogP contribution < -0.4 is 10.6 Å². The number of H-pyrrole nitrogens is 1. The van der Waals surface area contributed by atoms with Gasteiger partial charge in [0.05, 0.1) is 16.6 Å². The minimum Gasteiger partial charge on any atom is -0.408 e. The number of hydrogen-bond donors (Lipinski definition) is 2. The number of hydrogen-bond acceptors (Lipinski definition) is 5. The highest BCUT2D eigenvalue weighted by molar-refractivity contribution is 7.89. The van der Waals surface area contributed by atoms with Crippen LogP contribution in [0, 0.1) is 0 Å². The second-order valence-corrected chi connectivity index (χ2v) is 6.61. The van der Waals surface area contributed by atoms with Crippen molar-refractivity contribution in [1.29, 1.82) is 0 Å². The Morgan fingerprint density at radius 2 is 2.00 bits per heavy atom. The molecular weight excluding hydrogens is 342 g/mol. The molecule has 0 unspecified atom stereocenters. The summed E-state index contributed by atoms with van der Waals surface area (Å²) in [4.78, 5) is 15.5. The Bertz CT molecular complexity index is 1050. The van der Waals surface area contributed by atoms with Crippen molar-refractivity contribution < 1.29 is 12.8 Å². The van der Waals surface area contributed by atoms with E-state index in [4.69, 9.17) is 16.0 Å². The Kier molecular flexibility index (Phi) is 3.93. The van der Waals surface area contributed by atoms with Crippen LogP contribution in [-0.2, 0) is 10.0 Å². The van der Waals surface area contributed by atoms with E-state index in [1.54, 1.807) is 24.3 Å². The minimum absolute atomic E-state index is 0.0796. The van der Waals surface area contributed by atoms with Crippen LogP contribution in [0.4, 0.5) is 0 Å². The van der Waals surface area contributed by atoms with E-state index in [1.165, 1.54) is 24.4 Å². The van der Waals surface area contributed by atoms with Gasteiger partial charge < -0.3 is 4.42 Å². The molecule has 1 heterocycles. The number of rotatable bonds is 4. The van der Waals surface area contributed by atoms with Crippen LogP contribution in [0.1, 0.15) is 5.56 Å². The van der Waals surface area contributed by atoms with Crippen molar-refractivity contribution in [3.05, 3.63) is 63.6 Å². The maximum Gasteiger partial charge on any atom is 0.417 e. The molecule has 9 heteroatoms. The van der Waals surface area contributed by atoms with E-state index < -0.39 is 15.8 Å². The van der Waals surface area contributed by atoms with Crippen molar-refractivity contribution in [3.63, 3.8) is 0 Å². The third kappa shape index (κ3) is 3.27. The van der Waals surface area contributed by atoms with Gasteiger partial charge in [-0.1, -0.05) is 29.8 Å². The summed E-state index contributed by atoms with van der Waals surface area (Å²) in [6.07, 6.45) is 1.30. The molecule has 0 saturated heterocycles. The Hall–Kier alpha value is -2.58. The second-order valence-electron chi connectivity index (χ2n) is 4.55. The first-order chi connectivity index (χ1) is 11.0. The molecule has 2 aromatic carbocycles.